The lowest BCUT2D eigenvalue weighted by atomic mass is 10.3. The fourth-order valence-electron chi connectivity index (χ4n) is 2.26. The number of amides is 1. The first-order valence-electron chi connectivity index (χ1n) is 6.49. The van der Waals surface area contributed by atoms with Gasteiger partial charge in [0, 0.05) is 5.71 Å². The van der Waals surface area contributed by atoms with E-state index in [9.17, 15) is 4.79 Å². The number of carbonyl (C=O) groups is 1. The third kappa shape index (κ3) is 2.71. The average molecular weight is 273 g/mol. The molecule has 0 atom stereocenters. The zero-order valence-corrected chi connectivity index (χ0v) is 11.4. The van der Waals surface area contributed by atoms with E-state index in [4.69, 9.17) is 0 Å². The summed E-state index contributed by atoms with van der Waals surface area (Å²) in [5.41, 5.74) is 2.02. The summed E-state index contributed by atoms with van der Waals surface area (Å²) in [4.78, 5) is 13.6. The Bertz CT molecular complexity index is 531. The molecule has 1 aliphatic carbocycles. The molecule has 19 heavy (non-hydrogen) atoms. The maximum Gasteiger partial charge on any atom is 0.243 e. The van der Waals surface area contributed by atoms with Crippen LogP contribution in [0.25, 0.3) is 0 Å². The molecule has 0 radical (unpaired) electrons. The third-order valence-electron chi connectivity index (χ3n) is 3.24. The molecular weight excluding hydrogens is 258 g/mol. The predicted octanol–water partition coefficient (Wildman–Crippen LogP) is 3.05. The monoisotopic (exact) mass is 273 g/mol. The molecule has 1 aliphatic heterocycles. The van der Waals surface area contributed by atoms with Gasteiger partial charge in [0.1, 0.15) is 0 Å². The van der Waals surface area contributed by atoms with E-state index in [1.807, 2.05) is 30.3 Å². The van der Waals surface area contributed by atoms with E-state index in [0.717, 1.165) is 24.2 Å². The summed E-state index contributed by atoms with van der Waals surface area (Å²) in [5, 5.41) is 9.28. The van der Waals surface area contributed by atoms with Crippen LogP contribution < -0.4 is 4.90 Å². The molecule has 4 nitrogen and oxygen atoms in total. The molecule has 0 unspecified atom stereocenters. The van der Waals surface area contributed by atoms with E-state index in [-0.39, 0.29) is 5.91 Å². The van der Waals surface area contributed by atoms with Crippen molar-refractivity contribution in [3.05, 3.63) is 30.3 Å². The van der Waals surface area contributed by atoms with Crippen LogP contribution in [0.15, 0.2) is 40.5 Å². The van der Waals surface area contributed by atoms with Gasteiger partial charge < -0.3 is 0 Å². The smallest absolute Gasteiger partial charge is 0.243 e. The number of nitrogens with zero attached hydrogens (tertiary/aromatic N) is 3. The quantitative estimate of drug-likeness (QED) is 0.777. The molecule has 1 saturated heterocycles. The van der Waals surface area contributed by atoms with Gasteiger partial charge in [-0.1, -0.05) is 30.0 Å². The number of hydrogen-bond donors (Lipinski definition) is 0. The van der Waals surface area contributed by atoms with Crippen LogP contribution in [-0.4, -0.2) is 22.5 Å². The van der Waals surface area contributed by atoms with Crippen LogP contribution in [0.2, 0.25) is 0 Å². The summed E-state index contributed by atoms with van der Waals surface area (Å²) in [7, 11) is 0. The lowest BCUT2D eigenvalue weighted by Gasteiger charge is -2.14. The second-order valence-corrected chi connectivity index (χ2v) is 5.55. The van der Waals surface area contributed by atoms with Gasteiger partial charge in [0.25, 0.3) is 0 Å². The summed E-state index contributed by atoms with van der Waals surface area (Å²) in [6.45, 7) is 0. The molecular formula is C14H15N3OS. The Balaban J connectivity index is 1.86. The summed E-state index contributed by atoms with van der Waals surface area (Å²) >= 11 is 1.46. The van der Waals surface area contributed by atoms with Gasteiger partial charge in [0.15, 0.2) is 5.17 Å². The normalized spacial score (nSPS) is 21.5. The number of para-hydroxylation sites is 1. The van der Waals surface area contributed by atoms with E-state index >= 15 is 0 Å². The fraction of sp³-hybridized carbons (Fsp3) is 0.357. The molecule has 2 fully saturated rings. The molecule has 1 amide bonds. The van der Waals surface area contributed by atoms with Crippen LogP contribution in [-0.2, 0) is 4.79 Å². The topological polar surface area (TPSA) is 45.0 Å². The Hall–Kier alpha value is -1.62. The van der Waals surface area contributed by atoms with Gasteiger partial charge in [-0.3, -0.25) is 9.69 Å². The SMILES string of the molecule is O=C1CS/C(=N/N=C2CCCC2)N1c1ccccc1. The first kappa shape index (κ1) is 12.4. The Morgan fingerprint density at radius 2 is 1.79 bits per heavy atom. The predicted molar refractivity (Wildman–Crippen MR) is 79.7 cm³/mol. The highest BCUT2D eigenvalue weighted by molar-refractivity contribution is 8.15. The molecule has 0 spiro atoms. The molecule has 0 N–H and O–H groups in total. The van der Waals surface area contributed by atoms with E-state index in [0.29, 0.717) is 10.9 Å². The number of anilines is 1. The molecule has 1 heterocycles. The summed E-state index contributed by atoms with van der Waals surface area (Å²) in [6.07, 6.45) is 4.50. The Kier molecular flexibility index (Phi) is 3.64. The van der Waals surface area contributed by atoms with Crippen molar-refractivity contribution in [2.75, 3.05) is 10.7 Å². The van der Waals surface area contributed by atoms with Crippen LogP contribution in [0.4, 0.5) is 5.69 Å². The lowest BCUT2D eigenvalue weighted by molar-refractivity contribution is -0.115. The molecule has 0 bridgehead atoms. The number of hydrogen-bond acceptors (Lipinski definition) is 4. The van der Waals surface area contributed by atoms with Crippen LogP contribution in [0.1, 0.15) is 25.7 Å². The fourth-order valence-corrected chi connectivity index (χ4v) is 3.08. The summed E-state index contributed by atoms with van der Waals surface area (Å²) in [6, 6.07) is 9.62. The summed E-state index contributed by atoms with van der Waals surface area (Å²) < 4.78 is 0. The molecule has 2 aliphatic rings. The molecule has 3 rings (SSSR count). The Morgan fingerprint density at radius 3 is 2.53 bits per heavy atom. The molecule has 1 aromatic carbocycles. The zero-order chi connectivity index (χ0) is 13.1. The molecule has 1 saturated carbocycles. The third-order valence-corrected chi connectivity index (χ3v) is 4.15. The number of rotatable bonds is 2. The van der Waals surface area contributed by atoms with E-state index in [1.165, 1.54) is 24.6 Å². The summed E-state index contributed by atoms with van der Waals surface area (Å²) in [5.74, 6) is 0.514. The van der Waals surface area contributed by atoms with Crippen molar-refractivity contribution < 1.29 is 4.79 Å². The maximum atomic E-state index is 12.0. The van der Waals surface area contributed by atoms with Crippen LogP contribution in [0, 0.1) is 0 Å². The van der Waals surface area contributed by atoms with Crippen molar-refractivity contribution in [2.45, 2.75) is 25.7 Å². The standard InChI is InChI=1S/C14H15N3OS/c18-13-10-19-14(16-15-11-6-4-5-7-11)17(13)12-8-2-1-3-9-12/h1-3,8-9H,4-7,10H2/b16-14+. The number of amidine groups is 1. The molecule has 5 heteroatoms. The first-order chi connectivity index (χ1) is 9.34. The maximum absolute atomic E-state index is 12.0. The van der Waals surface area contributed by atoms with E-state index < -0.39 is 0 Å². The van der Waals surface area contributed by atoms with Crippen LogP contribution >= 0.6 is 11.8 Å². The largest absolute Gasteiger partial charge is 0.273 e. The lowest BCUT2D eigenvalue weighted by Crippen LogP contribution is -2.28. The minimum absolute atomic E-state index is 0.0709. The zero-order valence-electron chi connectivity index (χ0n) is 10.6. The van der Waals surface area contributed by atoms with Crippen molar-refractivity contribution in [3.8, 4) is 0 Å². The highest BCUT2D eigenvalue weighted by Gasteiger charge is 2.29. The highest BCUT2D eigenvalue weighted by atomic mass is 32.2. The van der Waals surface area contributed by atoms with Crippen LogP contribution in [0.5, 0.6) is 0 Å². The van der Waals surface area contributed by atoms with Gasteiger partial charge in [0.2, 0.25) is 5.91 Å². The van der Waals surface area contributed by atoms with Gasteiger partial charge in [0.05, 0.1) is 11.4 Å². The molecule has 1 aromatic rings. The average Bonchev–Trinajstić information content (AvgIpc) is 3.07. The van der Waals surface area contributed by atoms with Crippen molar-refractivity contribution >= 4 is 34.2 Å². The van der Waals surface area contributed by atoms with Gasteiger partial charge in [-0.25, -0.2) is 0 Å². The van der Waals surface area contributed by atoms with Crippen molar-refractivity contribution in [3.63, 3.8) is 0 Å². The van der Waals surface area contributed by atoms with Crippen molar-refractivity contribution in [1.82, 2.24) is 0 Å². The number of thioether (sulfide) groups is 1. The second kappa shape index (κ2) is 5.57. The highest BCUT2D eigenvalue weighted by Crippen LogP contribution is 2.26. The van der Waals surface area contributed by atoms with Gasteiger partial charge in [-0.05, 0) is 37.8 Å². The Labute approximate surface area is 116 Å². The number of carbonyl (C=O) groups excluding carboxylic acids is 1. The van der Waals surface area contributed by atoms with E-state index in [2.05, 4.69) is 10.2 Å². The molecule has 98 valence electrons. The Morgan fingerprint density at radius 1 is 1.05 bits per heavy atom. The van der Waals surface area contributed by atoms with Crippen LogP contribution in [0.3, 0.4) is 0 Å². The first-order valence-corrected chi connectivity index (χ1v) is 7.47. The number of benzene rings is 1. The van der Waals surface area contributed by atoms with Gasteiger partial charge >= 0.3 is 0 Å². The van der Waals surface area contributed by atoms with E-state index in [1.54, 1.807) is 4.90 Å². The van der Waals surface area contributed by atoms with Crippen molar-refractivity contribution in [2.24, 2.45) is 10.2 Å². The van der Waals surface area contributed by atoms with Crippen molar-refractivity contribution in [1.29, 1.82) is 0 Å². The minimum atomic E-state index is 0.0709. The van der Waals surface area contributed by atoms with Gasteiger partial charge in [-0.15, -0.1) is 5.10 Å². The minimum Gasteiger partial charge on any atom is -0.273 e. The van der Waals surface area contributed by atoms with Gasteiger partial charge in [-0.2, -0.15) is 5.10 Å². The second-order valence-electron chi connectivity index (χ2n) is 4.61. The molecule has 0 aromatic heterocycles.